The number of para-hydroxylation sites is 1. The summed E-state index contributed by atoms with van der Waals surface area (Å²) < 4.78 is 5.82. The Balaban J connectivity index is 2.01. The molecule has 1 fully saturated rings. The Morgan fingerprint density at radius 3 is 2.41 bits per heavy atom. The minimum atomic E-state index is -1.44. The lowest BCUT2D eigenvalue weighted by Gasteiger charge is -2.34. The number of carbonyl (C=O) groups excluding carboxylic acids is 1. The summed E-state index contributed by atoms with van der Waals surface area (Å²) in [6, 6.07) is 18.6. The summed E-state index contributed by atoms with van der Waals surface area (Å²) in [6.45, 7) is 3.87. The topological polar surface area (TPSA) is 77.1 Å². The molecule has 5 heteroatoms. The summed E-state index contributed by atoms with van der Waals surface area (Å²) in [5, 5.41) is 20.7. The zero-order valence-corrected chi connectivity index (χ0v) is 16.4. The highest BCUT2D eigenvalue weighted by Crippen LogP contribution is 2.60. The molecule has 5 nitrogen and oxygen atoms in total. The molecular weight excluding hydrogens is 362 g/mol. The number of hydrogen-bond acceptors (Lipinski definition) is 5. The molecule has 2 aromatic rings. The lowest BCUT2D eigenvalue weighted by Crippen LogP contribution is -2.36. The van der Waals surface area contributed by atoms with Crippen molar-refractivity contribution in [1.29, 1.82) is 10.5 Å². The van der Waals surface area contributed by atoms with Crippen molar-refractivity contribution in [2.75, 3.05) is 6.61 Å². The van der Waals surface area contributed by atoms with Crippen molar-refractivity contribution in [1.82, 2.24) is 4.90 Å². The van der Waals surface area contributed by atoms with Gasteiger partial charge >= 0.3 is 0 Å². The van der Waals surface area contributed by atoms with Crippen molar-refractivity contribution >= 4 is 11.9 Å². The third kappa shape index (κ3) is 2.62. The van der Waals surface area contributed by atoms with Crippen LogP contribution in [0.15, 0.2) is 54.7 Å². The molecule has 1 saturated heterocycles. The molecule has 0 aliphatic carbocycles. The smallest absolute Gasteiger partial charge is 0.177 e. The molecular formula is C24H21N3O2. The van der Waals surface area contributed by atoms with Crippen molar-refractivity contribution in [3.8, 4) is 17.9 Å². The normalized spacial score (nSPS) is 23.4. The van der Waals surface area contributed by atoms with E-state index in [2.05, 4.69) is 12.1 Å². The predicted molar refractivity (Wildman–Crippen MR) is 109 cm³/mol. The number of benzene rings is 2. The number of nitriles is 2. The molecule has 0 saturated carbocycles. The lowest BCUT2D eigenvalue weighted by molar-refractivity contribution is -0.121. The van der Waals surface area contributed by atoms with E-state index in [0.29, 0.717) is 12.4 Å². The van der Waals surface area contributed by atoms with E-state index in [4.69, 9.17) is 4.74 Å². The Morgan fingerprint density at radius 1 is 1.10 bits per heavy atom. The first-order valence-electron chi connectivity index (χ1n) is 9.68. The van der Waals surface area contributed by atoms with E-state index in [0.717, 1.165) is 16.7 Å². The Morgan fingerprint density at radius 2 is 1.76 bits per heavy atom. The number of carbonyl (C=O) groups is 1. The highest BCUT2D eigenvalue weighted by molar-refractivity contribution is 5.85. The Hall–Kier alpha value is -3.57. The van der Waals surface area contributed by atoms with Gasteiger partial charge in [-0.1, -0.05) is 42.5 Å². The van der Waals surface area contributed by atoms with Gasteiger partial charge in [0.05, 0.1) is 30.8 Å². The van der Waals surface area contributed by atoms with Crippen LogP contribution in [0.1, 0.15) is 42.5 Å². The van der Waals surface area contributed by atoms with E-state index in [1.165, 1.54) is 6.92 Å². The van der Waals surface area contributed by atoms with Crippen LogP contribution in [-0.2, 0) is 4.79 Å². The second-order valence-corrected chi connectivity index (χ2v) is 7.39. The predicted octanol–water partition coefficient (Wildman–Crippen LogP) is 4.20. The molecule has 0 N–H and O–H groups in total. The third-order valence-corrected chi connectivity index (χ3v) is 5.91. The van der Waals surface area contributed by atoms with Crippen molar-refractivity contribution in [2.45, 2.75) is 31.8 Å². The maximum atomic E-state index is 12.9. The van der Waals surface area contributed by atoms with E-state index in [1.54, 1.807) is 0 Å². The Labute approximate surface area is 170 Å². The van der Waals surface area contributed by atoms with Crippen LogP contribution >= 0.6 is 0 Å². The standard InChI is InChI=1S/C24H21N3O2/c1-3-29-20-11-7-6-10-19(20)21-22(16(2)28)27-13-12-17-8-4-5-9-18(17)23(27)24(21,14-25)15-26/h4-13,21-23H,3H2,1-2H3. The largest absolute Gasteiger partial charge is 0.494 e. The molecule has 0 aromatic heterocycles. The third-order valence-electron chi connectivity index (χ3n) is 5.91. The number of hydrogen-bond donors (Lipinski definition) is 0. The number of fused-ring (bicyclic) bond motifs is 3. The zero-order valence-electron chi connectivity index (χ0n) is 16.4. The second kappa shape index (κ2) is 7.11. The lowest BCUT2D eigenvalue weighted by atomic mass is 9.67. The first-order chi connectivity index (χ1) is 14.1. The van der Waals surface area contributed by atoms with Gasteiger partial charge in [-0.3, -0.25) is 4.79 Å². The van der Waals surface area contributed by atoms with Crippen LogP contribution in [-0.4, -0.2) is 23.3 Å². The van der Waals surface area contributed by atoms with Crippen LogP contribution in [0.5, 0.6) is 5.75 Å². The molecule has 144 valence electrons. The van der Waals surface area contributed by atoms with Gasteiger partial charge in [0.15, 0.2) is 11.2 Å². The van der Waals surface area contributed by atoms with Gasteiger partial charge in [0.1, 0.15) is 5.75 Å². The van der Waals surface area contributed by atoms with Crippen LogP contribution in [0.3, 0.4) is 0 Å². The van der Waals surface area contributed by atoms with Gasteiger partial charge in [-0.25, -0.2) is 0 Å². The van der Waals surface area contributed by atoms with Gasteiger partial charge in [0, 0.05) is 17.7 Å². The number of ketones is 1. The molecule has 2 heterocycles. The van der Waals surface area contributed by atoms with Crippen LogP contribution in [0, 0.1) is 28.1 Å². The average molecular weight is 383 g/mol. The van der Waals surface area contributed by atoms with Crippen LogP contribution < -0.4 is 4.74 Å². The van der Waals surface area contributed by atoms with Gasteiger partial charge in [-0.15, -0.1) is 0 Å². The summed E-state index contributed by atoms with van der Waals surface area (Å²) in [4.78, 5) is 14.7. The van der Waals surface area contributed by atoms with Gasteiger partial charge in [0.2, 0.25) is 0 Å². The van der Waals surface area contributed by atoms with E-state index in [1.807, 2.05) is 72.6 Å². The molecule has 0 bridgehead atoms. The van der Waals surface area contributed by atoms with Gasteiger partial charge in [0.25, 0.3) is 0 Å². The maximum absolute atomic E-state index is 12.9. The van der Waals surface area contributed by atoms with Gasteiger partial charge < -0.3 is 9.64 Å². The molecule has 0 amide bonds. The quantitative estimate of drug-likeness (QED) is 0.791. The fourth-order valence-corrected chi connectivity index (χ4v) is 4.82. The highest BCUT2D eigenvalue weighted by Gasteiger charge is 2.63. The van der Waals surface area contributed by atoms with E-state index < -0.39 is 23.4 Å². The summed E-state index contributed by atoms with van der Waals surface area (Å²) in [6.07, 6.45) is 3.80. The molecule has 29 heavy (non-hydrogen) atoms. The molecule has 0 spiro atoms. The van der Waals surface area contributed by atoms with Crippen LogP contribution in [0.25, 0.3) is 6.08 Å². The van der Waals surface area contributed by atoms with Crippen molar-refractivity contribution < 1.29 is 9.53 Å². The van der Waals surface area contributed by atoms with E-state index in [-0.39, 0.29) is 5.78 Å². The fourth-order valence-electron chi connectivity index (χ4n) is 4.82. The molecule has 2 aromatic carbocycles. The minimum Gasteiger partial charge on any atom is -0.494 e. The first kappa shape index (κ1) is 18.8. The number of nitrogens with zero attached hydrogens (tertiary/aromatic N) is 3. The summed E-state index contributed by atoms with van der Waals surface area (Å²) in [5.74, 6) is -0.112. The molecule has 3 atom stereocenters. The molecule has 2 aliphatic rings. The molecule has 2 aliphatic heterocycles. The second-order valence-electron chi connectivity index (χ2n) is 7.39. The summed E-state index contributed by atoms with van der Waals surface area (Å²) in [5.41, 5.74) is 1.13. The first-order valence-corrected chi connectivity index (χ1v) is 9.68. The van der Waals surface area contributed by atoms with Crippen molar-refractivity contribution in [3.63, 3.8) is 0 Å². The van der Waals surface area contributed by atoms with E-state index in [9.17, 15) is 15.3 Å². The number of ether oxygens (including phenoxy) is 1. The molecule has 4 rings (SSSR count). The highest BCUT2D eigenvalue weighted by atomic mass is 16.5. The SMILES string of the molecule is CCOc1ccccc1C1C(C(C)=O)N2C=Cc3ccccc3C2C1(C#N)C#N. The number of Topliss-reactive ketones (excluding diaryl/α,β-unsaturated/α-hetero) is 1. The number of rotatable bonds is 4. The molecule has 3 unspecified atom stereocenters. The zero-order chi connectivity index (χ0) is 20.6. The van der Waals surface area contributed by atoms with Gasteiger partial charge in [-0.05, 0) is 37.1 Å². The van der Waals surface area contributed by atoms with Crippen LogP contribution in [0.2, 0.25) is 0 Å². The van der Waals surface area contributed by atoms with E-state index >= 15 is 0 Å². The fraction of sp³-hybridized carbons (Fsp3) is 0.292. The Kier molecular flexibility index (Phi) is 4.60. The van der Waals surface area contributed by atoms with Crippen LogP contribution in [0.4, 0.5) is 0 Å². The van der Waals surface area contributed by atoms with Crippen molar-refractivity contribution in [2.24, 2.45) is 5.41 Å². The Bertz CT molecular complexity index is 1060. The van der Waals surface area contributed by atoms with Crippen molar-refractivity contribution in [3.05, 3.63) is 71.4 Å². The monoisotopic (exact) mass is 383 g/mol. The summed E-state index contributed by atoms with van der Waals surface area (Å²) in [7, 11) is 0. The minimum absolute atomic E-state index is 0.0808. The maximum Gasteiger partial charge on any atom is 0.177 e. The average Bonchev–Trinajstić information content (AvgIpc) is 3.05. The van der Waals surface area contributed by atoms with Gasteiger partial charge in [-0.2, -0.15) is 10.5 Å². The molecule has 0 radical (unpaired) electrons. The summed E-state index contributed by atoms with van der Waals surface area (Å²) >= 11 is 0.